The second-order valence-electron chi connectivity index (χ2n) is 6.60. The summed E-state index contributed by atoms with van der Waals surface area (Å²) >= 11 is 1.83. The summed E-state index contributed by atoms with van der Waals surface area (Å²) in [5.41, 5.74) is 8.47. The van der Waals surface area contributed by atoms with Crippen LogP contribution in [0, 0.1) is 18.3 Å². The van der Waals surface area contributed by atoms with E-state index >= 15 is 0 Å². The van der Waals surface area contributed by atoms with Crippen LogP contribution in [0.4, 0.5) is 0 Å². The Kier molecular flexibility index (Phi) is 3.39. The van der Waals surface area contributed by atoms with E-state index in [1.807, 2.05) is 11.3 Å². The molecule has 1 aliphatic rings. The molecule has 2 unspecified atom stereocenters. The lowest BCUT2D eigenvalue weighted by atomic mass is 9.60. The number of nitrogens with two attached hydrogens (primary N) is 1. The van der Waals surface area contributed by atoms with Crippen molar-refractivity contribution in [1.29, 1.82) is 0 Å². The quantitative estimate of drug-likeness (QED) is 0.784. The van der Waals surface area contributed by atoms with Crippen molar-refractivity contribution in [2.24, 2.45) is 17.1 Å². The van der Waals surface area contributed by atoms with E-state index in [0.29, 0.717) is 11.3 Å². The van der Waals surface area contributed by atoms with E-state index < -0.39 is 0 Å². The zero-order chi connectivity index (χ0) is 12.7. The van der Waals surface area contributed by atoms with Gasteiger partial charge in [0.25, 0.3) is 0 Å². The normalized spacial score (nSPS) is 30.5. The maximum Gasteiger partial charge on any atom is 0.0454 e. The van der Waals surface area contributed by atoms with E-state index in [4.69, 9.17) is 5.73 Å². The van der Waals surface area contributed by atoms with Crippen molar-refractivity contribution in [3.8, 4) is 0 Å². The summed E-state index contributed by atoms with van der Waals surface area (Å²) in [4.78, 5) is 1.41. The molecule has 0 saturated heterocycles. The SMILES string of the molecule is Cc1sccc1C1(N)CCCCC1C(C)(C)C. The van der Waals surface area contributed by atoms with Crippen LogP contribution in [0.25, 0.3) is 0 Å². The first-order chi connectivity index (χ1) is 7.86. The Balaban J connectivity index is 2.42. The van der Waals surface area contributed by atoms with Gasteiger partial charge in [-0.15, -0.1) is 11.3 Å². The highest BCUT2D eigenvalue weighted by Gasteiger charge is 2.45. The Bertz CT molecular complexity index is 388. The molecule has 1 aromatic heterocycles. The number of aryl methyl sites for hydroxylation is 1. The molecule has 1 aromatic rings. The van der Waals surface area contributed by atoms with E-state index in [1.54, 1.807) is 0 Å². The molecule has 0 radical (unpaired) electrons. The maximum absolute atomic E-state index is 6.86. The molecule has 0 aliphatic heterocycles. The Hall–Kier alpha value is -0.340. The van der Waals surface area contributed by atoms with Gasteiger partial charge >= 0.3 is 0 Å². The molecule has 0 aromatic carbocycles. The predicted octanol–water partition coefficient (Wildman–Crippen LogP) is 4.45. The largest absolute Gasteiger partial charge is 0.321 e. The monoisotopic (exact) mass is 251 g/mol. The highest BCUT2D eigenvalue weighted by molar-refractivity contribution is 7.10. The fourth-order valence-electron chi connectivity index (χ4n) is 3.59. The molecule has 17 heavy (non-hydrogen) atoms. The Morgan fingerprint density at radius 1 is 1.35 bits per heavy atom. The van der Waals surface area contributed by atoms with Crippen molar-refractivity contribution >= 4 is 11.3 Å². The van der Waals surface area contributed by atoms with Gasteiger partial charge in [0, 0.05) is 10.4 Å². The zero-order valence-corrected chi connectivity index (χ0v) is 12.4. The van der Waals surface area contributed by atoms with Crippen LogP contribution in [0.3, 0.4) is 0 Å². The molecule has 2 atom stereocenters. The molecule has 2 rings (SSSR count). The fourth-order valence-corrected chi connectivity index (χ4v) is 4.39. The molecular formula is C15H25NS. The Morgan fingerprint density at radius 3 is 2.59 bits per heavy atom. The van der Waals surface area contributed by atoms with E-state index in [0.717, 1.165) is 6.42 Å². The first kappa shape index (κ1) is 13.1. The summed E-state index contributed by atoms with van der Waals surface area (Å²) < 4.78 is 0. The van der Waals surface area contributed by atoms with Gasteiger partial charge in [0.15, 0.2) is 0 Å². The summed E-state index contributed by atoms with van der Waals surface area (Å²) in [6.45, 7) is 9.23. The third-order valence-electron chi connectivity index (χ3n) is 4.36. The van der Waals surface area contributed by atoms with Crippen LogP contribution in [0.1, 0.15) is 56.9 Å². The number of hydrogen-bond donors (Lipinski definition) is 1. The van der Waals surface area contributed by atoms with Crippen LogP contribution in [0.2, 0.25) is 0 Å². The summed E-state index contributed by atoms with van der Waals surface area (Å²) in [5, 5.41) is 2.19. The summed E-state index contributed by atoms with van der Waals surface area (Å²) in [7, 11) is 0. The smallest absolute Gasteiger partial charge is 0.0454 e. The van der Waals surface area contributed by atoms with Crippen molar-refractivity contribution in [1.82, 2.24) is 0 Å². The van der Waals surface area contributed by atoms with Gasteiger partial charge in [-0.1, -0.05) is 33.6 Å². The standard InChI is InChI=1S/C15H25NS/c1-11-12(8-10-17-11)15(16)9-6-5-7-13(15)14(2,3)4/h8,10,13H,5-7,9,16H2,1-4H3. The maximum atomic E-state index is 6.86. The molecule has 0 spiro atoms. The minimum Gasteiger partial charge on any atom is -0.321 e. The lowest BCUT2D eigenvalue weighted by Gasteiger charge is -2.48. The van der Waals surface area contributed by atoms with Gasteiger partial charge in [0.1, 0.15) is 0 Å². The van der Waals surface area contributed by atoms with Crippen LogP contribution < -0.4 is 5.73 Å². The Morgan fingerprint density at radius 2 is 2.06 bits per heavy atom. The van der Waals surface area contributed by atoms with Gasteiger partial charge in [-0.3, -0.25) is 0 Å². The van der Waals surface area contributed by atoms with Crippen LogP contribution in [0.15, 0.2) is 11.4 Å². The lowest BCUT2D eigenvalue weighted by Crippen LogP contribution is -2.51. The van der Waals surface area contributed by atoms with Crippen molar-refractivity contribution in [2.45, 2.75) is 58.9 Å². The van der Waals surface area contributed by atoms with Crippen molar-refractivity contribution in [3.05, 3.63) is 21.9 Å². The average molecular weight is 251 g/mol. The minimum atomic E-state index is -0.0966. The number of rotatable bonds is 1. The molecule has 2 heteroatoms. The van der Waals surface area contributed by atoms with Gasteiger partial charge in [0.2, 0.25) is 0 Å². The molecule has 2 N–H and O–H groups in total. The number of hydrogen-bond acceptors (Lipinski definition) is 2. The second-order valence-corrected chi connectivity index (χ2v) is 7.72. The van der Waals surface area contributed by atoms with Gasteiger partial charge in [-0.05, 0) is 48.1 Å². The van der Waals surface area contributed by atoms with E-state index in [1.165, 1.54) is 29.7 Å². The van der Waals surface area contributed by atoms with Crippen LogP contribution in [-0.2, 0) is 5.54 Å². The van der Waals surface area contributed by atoms with Crippen molar-refractivity contribution in [3.63, 3.8) is 0 Å². The third-order valence-corrected chi connectivity index (χ3v) is 5.21. The number of thiophene rings is 1. The molecule has 1 saturated carbocycles. The lowest BCUT2D eigenvalue weighted by molar-refractivity contribution is 0.0777. The van der Waals surface area contributed by atoms with Crippen LogP contribution in [-0.4, -0.2) is 0 Å². The summed E-state index contributed by atoms with van der Waals surface area (Å²) in [5.74, 6) is 0.594. The van der Waals surface area contributed by atoms with Gasteiger partial charge < -0.3 is 5.73 Å². The molecule has 0 amide bonds. The second kappa shape index (κ2) is 4.40. The zero-order valence-electron chi connectivity index (χ0n) is 11.5. The van der Waals surface area contributed by atoms with Crippen molar-refractivity contribution in [2.75, 3.05) is 0 Å². The average Bonchev–Trinajstić information content (AvgIpc) is 2.64. The first-order valence-corrected chi connectivity index (χ1v) is 7.57. The van der Waals surface area contributed by atoms with E-state index in [2.05, 4.69) is 39.1 Å². The summed E-state index contributed by atoms with van der Waals surface area (Å²) in [6, 6.07) is 2.25. The fraction of sp³-hybridized carbons (Fsp3) is 0.733. The molecule has 0 bridgehead atoms. The topological polar surface area (TPSA) is 26.0 Å². The highest BCUT2D eigenvalue weighted by Crippen LogP contribution is 2.49. The molecule has 1 heterocycles. The van der Waals surface area contributed by atoms with E-state index in [-0.39, 0.29) is 5.54 Å². The van der Waals surface area contributed by atoms with Crippen molar-refractivity contribution < 1.29 is 0 Å². The van der Waals surface area contributed by atoms with Crippen LogP contribution in [0.5, 0.6) is 0 Å². The highest BCUT2D eigenvalue weighted by atomic mass is 32.1. The third kappa shape index (κ3) is 2.30. The van der Waals surface area contributed by atoms with Crippen LogP contribution >= 0.6 is 11.3 Å². The van der Waals surface area contributed by atoms with Gasteiger partial charge in [0.05, 0.1) is 0 Å². The summed E-state index contributed by atoms with van der Waals surface area (Å²) in [6.07, 6.45) is 5.03. The molecule has 96 valence electrons. The molecule has 1 fully saturated rings. The molecule has 1 aliphatic carbocycles. The molecular weight excluding hydrogens is 226 g/mol. The van der Waals surface area contributed by atoms with Gasteiger partial charge in [-0.2, -0.15) is 0 Å². The first-order valence-electron chi connectivity index (χ1n) is 6.69. The molecule has 1 nitrogen and oxygen atoms in total. The Labute approximate surface area is 109 Å². The van der Waals surface area contributed by atoms with Gasteiger partial charge in [-0.25, -0.2) is 0 Å². The predicted molar refractivity (Wildman–Crippen MR) is 76.3 cm³/mol. The van der Waals surface area contributed by atoms with E-state index in [9.17, 15) is 0 Å². The minimum absolute atomic E-state index is 0.0966.